The molecular formula is C17H18FNO3S3. The second-order valence-electron chi connectivity index (χ2n) is 5.90. The number of amides is 1. The third kappa shape index (κ3) is 5.05. The summed E-state index contributed by atoms with van der Waals surface area (Å²) in [5.74, 6) is -0.0356. The van der Waals surface area contributed by atoms with Crippen molar-refractivity contribution in [2.75, 3.05) is 17.3 Å². The zero-order chi connectivity index (χ0) is 17.9. The Morgan fingerprint density at radius 2 is 2.04 bits per heavy atom. The molecule has 0 spiro atoms. The number of hydrogen-bond donors (Lipinski definition) is 0. The number of nitrogens with zero attached hydrogens (tertiary/aromatic N) is 1. The Labute approximate surface area is 155 Å². The number of thioether (sulfide) groups is 1. The lowest BCUT2D eigenvalue weighted by Gasteiger charge is -2.28. The monoisotopic (exact) mass is 399 g/mol. The van der Waals surface area contributed by atoms with Crippen LogP contribution in [0.15, 0.2) is 46.7 Å². The molecule has 1 atom stereocenters. The van der Waals surface area contributed by atoms with Gasteiger partial charge in [-0.25, -0.2) is 12.8 Å². The van der Waals surface area contributed by atoms with Crippen LogP contribution in [0.2, 0.25) is 0 Å². The van der Waals surface area contributed by atoms with E-state index in [1.54, 1.807) is 28.4 Å². The van der Waals surface area contributed by atoms with Gasteiger partial charge in [-0.2, -0.15) is 0 Å². The standard InChI is InChI=1S/C17H18FNO3S3/c18-13-3-5-15(6-4-13)24-11-17(20)19(10-16-2-1-8-23-16)14-7-9-25(21,22)12-14/h1-6,8,14H,7,9-12H2/t14-/m1/s1. The smallest absolute Gasteiger partial charge is 0.233 e. The first-order valence-corrected chi connectivity index (χ1v) is 11.5. The number of carbonyl (C=O) groups is 1. The molecule has 1 fully saturated rings. The molecule has 1 saturated heterocycles. The van der Waals surface area contributed by atoms with Gasteiger partial charge in [-0.15, -0.1) is 23.1 Å². The Bertz CT molecular complexity index is 819. The summed E-state index contributed by atoms with van der Waals surface area (Å²) in [4.78, 5) is 16.3. The molecule has 1 aromatic carbocycles. The average molecular weight is 400 g/mol. The largest absolute Gasteiger partial charge is 0.333 e. The van der Waals surface area contributed by atoms with Crippen LogP contribution in [0.5, 0.6) is 0 Å². The summed E-state index contributed by atoms with van der Waals surface area (Å²) in [5, 5.41) is 1.94. The summed E-state index contributed by atoms with van der Waals surface area (Å²) in [5.41, 5.74) is 0. The lowest BCUT2D eigenvalue weighted by molar-refractivity contribution is -0.130. The van der Waals surface area contributed by atoms with Crippen molar-refractivity contribution < 1.29 is 17.6 Å². The highest BCUT2D eigenvalue weighted by Gasteiger charge is 2.34. The molecule has 0 unspecified atom stereocenters. The third-order valence-electron chi connectivity index (χ3n) is 4.05. The first kappa shape index (κ1) is 18.4. The Morgan fingerprint density at radius 3 is 2.64 bits per heavy atom. The van der Waals surface area contributed by atoms with Crippen molar-refractivity contribution in [3.63, 3.8) is 0 Å². The normalized spacial score (nSPS) is 19.0. The molecule has 4 nitrogen and oxygen atoms in total. The molecule has 2 aromatic rings. The molecule has 25 heavy (non-hydrogen) atoms. The van der Waals surface area contributed by atoms with Gasteiger partial charge in [0.2, 0.25) is 5.91 Å². The van der Waals surface area contributed by atoms with Crippen LogP contribution < -0.4 is 0 Å². The van der Waals surface area contributed by atoms with E-state index >= 15 is 0 Å². The quantitative estimate of drug-likeness (QED) is 0.700. The first-order valence-electron chi connectivity index (χ1n) is 7.83. The van der Waals surface area contributed by atoms with Crippen molar-refractivity contribution in [3.05, 3.63) is 52.5 Å². The van der Waals surface area contributed by atoms with Crippen LogP contribution in [-0.4, -0.2) is 42.5 Å². The first-order chi connectivity index (χ1) is 11.9. The Hall–Kier alpha value is -1.38. The molecule has 1 aromatic heterocycles. The van der Waals surface area contributed by atoms with Crippen LogP contribution in [0.1, 0.15) is 11.3 Å². The number of rotatable bonds is 6. The number of carbonyl (C=O) groups excluding carboxylic acids is 1. The zero-order valence-corrected chi connectivity index (χ0v) is 15.9. The number of sulfone groups is 1. The van der Waals surface area contributed by atoms with Gasteiger partial charge in [0.1, 0.15) is 5.82 Å². The number of thiophene rings is 1. The Balaban J connectivity index is 1.69. The highest BCUT2D eigenvalue weighted by Crippen LogP contribution is 2.24. The molecule has 0 aliphatic carbocycles. The maximum absolute atomic E-state index is 13.0. The Kier molecular flexibility index (Phi) is 5.81. The van der Waals surface area contributed by atoms with Crippen LogP contribution in [0.25, 0.3) is 0 Å². The summed E-state index contributed by atoms with van der Waals surface area (Å²) in [6, 6.07) is 9.59. The molecule has 3 rings (SSSR count). The average Bonchev–Trinajstić information content (AvgIpc) is 3.21. The van der Waals surface area contributed by atoms with Crippen molar-refractivity contribution in [2.24, 2.45) is 0 Å². The van der Waals surface area contributed by atoms with Crippen molar-refractivity contribution >= 4 is 38.8 Å². The molecule has 0 N–H and O–H groups in total. The summed E-state index contributed by atoms with van der Waals surface area (Å²) >= 11 is 2.88. The van der Waals surface area contributed by atoms with Crippen molar-refractivity contribution in [2.45, 2.75) is 23.9 Å². The van der Waals surface area contributed by atoms with Gasteiger partial charge < -0.3 is 4.90 Å². The lowest BCUT2D eigenvalue weighted by Crippen LogP contribution is -2.41. The highest BCUT2D eigenvalue weighted by molar-refractivity contribution is 8.00. The predicted molar refractivity (Wildman–Crippen MR) is 99.1 cm³/mol. The number of halogens is 1. The van der Waals surface area contributed by atoms with Crippen LogP contribution in [0.3, 0.4) is 0 Å². The van der Waals surface area contributed by atoms with Crippen LogP contribution in [0.4, 0.5) is 4.39 Å². The summed E-state index contributed by atoms with van der Waals surface area (Å²) in [6.07, 6.45) is 0.487. The molecule has 0 bridgehead atoms. The fraction of sp³-hybridized carbons (Fsp3) is 0.353. The van der Waals surface area contributed by atoms with Crippen molar-refractivity contribution in [3.8, 4) is 0 Å². The second kappa shape index (κ2) is 7.88. The SMILES string of the molecule is O=C(CSc1ccc(F)cc1)N(Cc1cccs1)[C@@H]1CCS(=O)(=O)C1. The van der Waals surface area contributed by atoms with Gasteiger partial charge in [0.15, 0.2) is 9.84 Å². The van der Waals surface area contributed by atoms with Crippen LogP contribution in [-0.2, 0) is 21.2 Å². The second-order valence-corrected chi connectivity index (χ2v) is 10.2. The van der Waals surface area contributed by atoms with E-state index in [0.29, 0.717) is 13.0 Å². The van der Waals surface area contributed by atoms with Crippen LogP contribution in [0, 0.1) is 5.82 Å². The molecule has 134 valence electrons. The summed E-state index contributed by atoms with van der Waals surface area (Å²) in [6.45, 7) is 0.431. The van der Waals surface area contributed by atoms with E-state index in [9.17, 15) is 17.6 Å². The van der Waals surface area contributed by atoms with Gasteiger partial charge >= 0.3 is 0 Å². The van der Waals surface area contributed by atoms with E-state index in [2.05, 4.69) is 0 Å². The fourth-order valence-electron chi connectivity index (χ4n) is 2.77. The van der Waals surface area contributed by atoms with Gasteiger partial charge in [-0.1, -0.05) is 6.07 Å². The zero-order valence-electron chi connectivity index (χ0n) is 13.4. The van der Waals surface area contributed by atoms with Gasteiger partial charge in [-0.05, 0) is 42.1 Å². The van der Waals surface area contributed by atoms with E-state index in [1.165, 1.54) is 23.9 Å². The molecule has 8 heteroatoms. The lowest BCUT2D eigenvalue weighted by atomic mass is 10.2. The van der Waals surface area contributed by atoms with E-state index < -0.39 is 9.84 Å². The van der Waals surface area contributed by atoms with Crippen molar-refractivity contribution in [1.82, 2.24) is 4.90 Å². The molecule has 1 amide bonds. The van der Waals surface area contributed by atoms with Crippen molar-refractivity contribution in [1.29, 1.82) is 0 Å². The minimum Gasteiger partial charge on any atom is -0.333 e. The topological polar surface area (TPSA) is 54.5 Å². The van der Waals surface area contributed by atoms with E-state index in [1.807, 2.05) is 17.5 Å². The van der Waals surface area contributed by atoms with E-state index in [-0.39, 0.29) is 35.0 Å². The molecule has 0 saturated carbocycles. The summed E-state index contributed by atoms with van der Waals surface area (Å²) < 4.78 is 36.6. The van der Waals surface area contributed by atoms with Gasteiger partial charge in [-0.3, -0.25) is 4.79 Å². The number of hydrogen-bond acceptors (Lipinski definition) is 5. The van der Waals surface area contributed by atoms with Crippen LogP contribution >= 0.6 is 23.1 Å². The minimum atomic E-state index is -3.06. The Morgan fingerprint density at radius 1 is 1.28 bits per heavy atom. The predicted octanol–water partition coefficient (Wildman–Crippen LogP) is 3.20. The van der Waals surface area contributed by atoms with E-state index in [4.69, 9.17) is 0 Å². The molecule has 1 aliphatic rings. The third-order valence-corrected chi connectivity index (χ3v) is 7.66. The minimum absolute atomic E-state index is 0.0331. The van der Waals surface area contributed by atoms with Gasteiger partial charge in [0.05, 0.1) is 23.8 Å². The molecule has 0 radical (unpaired) electrons. The van der Waals surface area contributed by atoms with Gasteiger partial charge in [0.25, 0.3) is 0 Å². The summed E-state index contributed by atoms with van der Waals surface area (Å²) in [7, 11) is -3.06. The molecular weight excluding hydrogens is 381 g/mol. The highest BCUT2D eigenvalue weighted by atomic mass is 32.2. The molecule has 1 aliphatic heterocycles. The maximum atomic E-state index is 13.0. The fourth-order valence-corrected chi connectivity index (χ4v) is 5.99. The van der Waals surface area contributed by atoms with Gasteiger partial charge in [0, 0.05) is 15.8 Å². The maximum Gasteiger partial charge on any atom is 0.233 e. The molecule has 2 heterocycles. The number of benzene rings is 1. The van der Waals surface area contributed by atoms with E-state index in [0.717, 1.165) is 9.77 Å².